The van der Waals surface area contributed by atoms with Gasteiger partial charge in [-0.25, -0.2) is 0 Å². The third kappa shape index (κ3) is 3.74. The third-order valence-electron chi connectivity index (χ3n) is 2.31. The molecule has 0 radical (unpaired) electrons. The Hall–Kier alpha value is -1.57. The van der Waals surface area contributed by atoms with Crippen LogP contribution in [0, 0.1) is 17.2 Å². The molecule has 1 rings (SSSR count). The summed E-state index contributed by atoms with van der Waals surface area (Å²) >= 11 is 5.95. The first-order valence-corrected chi connectivity index (χ1v) is 5.61. The molecule has 1 aromatic carbocycles. The van der Waals surface area contributed by atoms with Crippen LogP contribution in [0.2, 0.25) is 5.02 Å². The van der Waals surface area contributed by atoms with Crippen LogP contribution in [-0.2, 0) is 4.79 Å². The van der Waals surface area contributed by atoms with Gasteiger partial charge in [0, 0.05) is 12.5 Å². The second kappa shape index (κ2) is 6.24. The Morgan fingerprint density at radius 2 is 2.29 bits per heavy atom. The molecule has 0 aliphatic carbocycles. The molecule has 0 aromatic heterocycles. The first kappa shape index (κ1) is 13.5. The summed E-state index contributed by atoms with van der Waals surface area (Å²) in [5.74, 6) is -0.252. The zero-order chi connectivity index (χ0) is 12.8. The maximum absolute atomic E-state index is 11.7. The van der Waals surface area contributed by atoms with Crippen LogP contribution < -0.4 is 10.6 Å². The minimum absolute atomic E-state index is 0.106. The monoisotopic (exact) mass is 251 g/mol. The number of nitriles is 1. The third-order valence-corrected chi connectivity index (χ3v) is 2.63. The minimum atomic E-state index is -0.147. The number of carbonyl (C=O) groups is 1. The molecule has 1 atom stereocenters. The van der Waals surface area contributed by atoms with E-state index in [4.69, 9.17) is 16.9 Å². The average Bonchev–Trinajstić information content (AvgIpc) is 2.31. The van der Waals surface area contributed by atoms with Crippen LogP contribution in [0.15, 0.2) is 18.2 Å². The fraction of sp³-hybridized carbons (Fsp3) is 0.333. The lowest BCUT2D eigenvalue weighted by Crippen LogP contribution is -2.28. The van der Waals surface area contributed by atoms with Crippen molar-refractivity contribution in [3.05, 3.63) is 28.8 Å². The lowest BCUT2D eigenvalue weighted by molar-refractivity contribution is -0.119. The molecular weight excluding hydrogens is 238 g/mol. The summed E-state index contributed by atoms with van der Waals surface area (Å²) in [4.78, 5) is 11.7. The molecule has 0 aliphatic heterocycles. The molecule has 0 spiro atoms. The summed E-state index contributed by atoms with van der Waals surface area (Å²) in [6, 6.07) is 6.76. The summed E-state index contributed by atoms with van der Waals surface area (Å²) in [5.41, 5.74) is 0.995. The number of carbonyl (C=O) groups excluding carboxylic acids is 1. The van der Waals surface area contributed by atoms with Gasteiger partial charge in [-0.15, -0.1) is 0 Å². The van der Waals surface area contributed by atoms with Crippen LogP contribution in [0.5, 0.6) is 0 Å². The van der Waals surface area contributed by atoms with E-state index in [1.807, 2.05) is 13.0 Å². The van der Waals surface area contributed by atoms with Gasteiger partial charge in [0.05, 0.1) is 22.3 Å². The smallest absolute Gasteiger partial charge is 0.228 e. The SMILES string of the molecule is CNCC(C)C(=O)Nc1ccc(C#N)cc1Cl. The first-order chi connectivity index (χ1) is 8.08. The number of benzene rings is 1. The van der Waals surface area contributed by atoms with Crippen molar-refractivity contribution in [1.29, 1.82) is 5.26 Å². The van der Waals surface area contributed by atoms with Crippen molar-refractivity contribution in [2.24, 2.45) is 5.92 Å². The number of anilines is 1. The predicted molar refractivity (Wildman–Crippen MR) is 67.9 cm³/mol. The Morgan fingerprint density at radius 1 is 1.59 bits per heavy atom. The average molecular weight is 252 g/mol. The molecule has 0 aliphatic rings. The molecule has 0 fully saturated rings. The van der Waals surface area contributed by atoms with E-state index < -0.39 is 0 Å². The van der Waals surface area contributed by atoms with Gasteiger partial charge in [0.1, 0.15) is 0 Å². The summed E-state index contributed by atoms with van der Waals surface area (Å²) < 4.78 is 0. The van der Waals surface area contributed by atoms with Gasteiger partial charge >= 0.3 is 0 Å². The van der Waals surface area contributed by atoms with Crippen molar-refractivity contribution < 1.29 is 4.79 Å². The fourth-order valence-corrected chi connectivity index (χ4v) is 1.57. The van der Waals surface area contributed by atoms with Crippen LogP contribution >= 0.6 is 11.6 Å². The summed E-state index contributed by atoms with van der Waals surface area (Å²) in [6.45, 7) is 2.42. The highest BCUT2D eigenvalue weighted by Crippen LogP contribution is 2.23. The van der Waals surface area contributed by atoms with E-state index >= 15 is 0 Å². The van der Waals surface area contributed by atoms with Crippen LogP contribution in [0.3, 0.4) is 0 Å². The molecule has 0 bridgehead atoms. The second-order valence-corrected chi connectivity index (χ2v) is 4.16. The maximum Gasteiger partial charge on any atom is 0.228 e. The number of amides is 1. The minimum Gasteiger partial charge on any atom is -0.324 e. The van der Waals surface area contributed by atoms with Gasteiger partial charge in [0.25, 0.3) is 0 Å². The fourth-order valence-electron chi connectivity index (χ4n) is 1.34. The van der Waals surface area contributed by atoms with E-state index in [9.17, 15) is 4.79 Å². The van der Waals surface area contributed by atoms with Crippen molar-refractivity contribution in [2.45, 2.75) is 6.92 Å². The first-order valence-electron chi connectivity index (χ1n) is 5.23. The molecule has 2 N–H and O–H groups in total. The highest BCUT2D eigenvalue weighted by molar-refractivity contribution is 6.33. The van der Waals surface area contributed by atoms with Crippen LogP contribution in [0.25, 0.3) is 0 Å². The van der Waals surface area contributed by atoms with Gasteiger partial charge in [-0.1, -0.05) is 18.5 Å². The van der Waals surface area contributed by atoms with Gasteiger partial charge in [-0.3, -0.25) is 4.79 Å². The zero-order valence-corrected chi connectivity index (χ0v) is 10.5. The number of halogens is 1. The van der Waals surface area contributed by atoms with E-state index in [2.05, 4.69) is 10.6 Å². The van der Waals surface area contributed by atoms with Crippen molar-refractivity contribution in [1.82, 2.24) is 5.32 Å². The Labute approximate surface area is 106 Å². The Balaban J connectivity index is 2.76. The molecular formula is C12H14ClN3O. The summed E-state index contributed by atoms with van der Waals surface area (Å²) in [6.07, 6.45) is 0. The van der Waals surface area contributed by atoms with E-state index in [0.29, 0.717) is 22.8 Å². The number of hydrogen-bond donors (Lipinski definition) is 2. The molecule has 4 nitrogen and oxygen atoms in total. The number of rotatable bonds is 4. The molecule has 0 saturated carbocycles. The van der Waals surface area contributed by atoms with Gasteiger partial charge in [0.2, 0.25) is 5.91 Å². The molecule has 90 valence electrons. The molecule has 0 saturated heterocycles. The number of nitrogens with zero attached hydrogens (tertiary/aromatic N) is 1. The highest BCUT2D eigenvalue weighted by Gasteiger charge is 2.13. The van der Waals surface area contributed by atoms with Crippen molar-refractivity contribution in [3.8, 4) is 6.07 Å². The molecule has 1 unspecified atom stereocenters. The quantitative estimate of drug-likeness (QED) is 0.860. The van der Waals surface area contributed by atoms with E-state index in [1.165, 1.54) is 6.07 Å². The molecule has 0 heterocycles. The van der Waals surface area contributed by atoms with Gasteiger partial charge in [-0.05, 0) is 25.2 Å². The van der Waals surface area contributed by atoms with Gasteiger partial charge in [0.15, 0.2) is 0 Å². The zero-order valence-electron chi connectivity index (χ0n) is 9.75. The Morgan fingerprint density at radius 3 is 2.82 bits per heavy atom. The van der Waals surface area contributed by atoms with Crippen LogP contribution in [-0.4, -0.2) is 19.5 Å². The van der Waals surface area contributed by atoms with Crippen molar-refractivity contribution in [2.75, 3.05) is 18.9 Å². The standard InChI is InChI=1S/C12H14ClN3O/c1-8(7-15-2)12(17)16-11-4-3-9(6-14)5-10(11)13/h3-5,8,15H,7H2,1-2H3,(H,16,17). The Kier molecular flexibility index (Phi) is 4.95. The van der Waals surface area contributed by atoms with E-state index in [1.54, 1.807) is 19.2 Å². The summed E-state index contributed by atoms with van der Waals surface area (Å²) in [7, 11) is 1.79. The summed E-state index contributed by atoms with van der Waals surface area (Å²) in [5, 5.41) is 14.7. The normalized spacial score (nSPS) is 11.6. The van der Waals surface area contributed by atoms with Crippen LogP contribution in [0.4, 0.5) is 5.69 Å². The topological polar surface area (TPSA) is 64.9 Å². The molecule has 17 heavy (non-hydrogen) atoms. The predicted octanol–water partition coefficient (Wildman–Crippen LogP) is 2.01. The largest absolute Gasteiger partial charge is 0.324 e. The lowest BCUT2D eigenvalue weighted by Gasteiger charge is -2.12. The number of hydrogen-bond acceptors (Lipinski definition) is 3. The molecule has 5 heteroatoms. The molecule has 1 amide bonds. The number of nitrogens with one attached hydrogen (secondary N) is 2. The van der Waals surface area contributed by atoms with E-state index in [0.717, 1.165) is 0 Å². The highest BCUT2D eigenvalue weighted by atomic mass is 35.5. The lowest BCUT2D eigenvalue weighted by atomic mass is 10.1. The maximum atomic E-state index is 11.7. The van der Waals surface area contributed by atoms with Gasteiger partial charge < -0.3 is 10.6 Å². The van der Waals surface area contributed by atoms with Crippen LogP contribution in [0.1, 0.15) is 12.5 Å². The molecule has 1 aromatic rings. The Bertz CT molecular complexity index is 454. The second-order valence-electron chi connectivity index (χ2n) is 3.75. The van der Waals surface area contributed by atoms with Crippen molar-refractivity contribution >= 4 is 23.2 Å². The van der Waals surface area contributed by atoms with E-state index in [-0.39, 0.29) is 11.8 Å². The van der Waals surface area contributed by atoms with Gasteiger partial charge in [-0.2, -0.15) is 5.26 Å². The van der Waals surface area contributed by atoms with Crippen molar-refractivity contribution in [3.63, 3.8) is 0 Å².